The Morgan fingerprint density at radius 1 is 1.04 bits per heavy atom. The molecule has 0 spiro atoms. The lowest BCUT2D eigenvalue weighted by molar-refractivity contribution is 0.275. The second kappa shape index (κ2) is 7.77. The van der Waals surface area contributed by atoms with Crippen LogP contribution in [-0.2, 0) is 6.61 Å². The molecule has 27 heavy (non-hydrogen) atoms. The number of aliphatic hydroxyl groups is 1. The number of rotatable bonds is 3. The first-order chi connectivity index (χ1) is 13.2. The lowest BCUT2D eigenvalue weighted by Crippen LogP contribution is -2.07. The number of fused-ring (bicyclic) bond motifs is 1. The van der Waals surface area contributed by atoms with Crippen molar-refractivity contribution in [2.24, 2.45) is 4.99 Å². The molecule has 0 amide bonds. The fourth-order valence-electron chi connectivity index (χ4n) is 3.23. The summed E-state index contributed by atoms with van der Waals surface area (Å²) in [5.74, 6) is 0.0387. The number of aliphatic hydroxyl groups excluding tert-OH is 1. The van der Waals surface area contributed by atoms with Gasteiger partial charge in [0.25, 0.3) is 0 Å². The molecule has 1 atom stereocenters. The van der Waals surface area contributed by atoms with Crippen LogP contribution in [0.3, 0.4) is 0 Å². The van der Waals surface area contributed by atoms with E-state index in [1.54, 1.807) is 23.9 Å². The number of para-hydroxylation sites is 1. The molecule has 0 aromatic heterocycles. The molecule has 1 heterocycles. The number of hydrogen-bond acceptors (Lipinski definition) is 4. The Hall–Kier alpha value is -2.27. The van der Waals surface area contributed by atoms with E-state index in [9.17, 15) is 10.2 Å². The van der Waals surface area contributed by atoms with Gasteiger partial charge in [-0.3, -0.25) is 4.99 Å². The zero-order valence-corrected chi connectivity index (χ0v) is 16.0. The molecule has 0 saturated carbocycles. The maximum absolute atomic E-state index is 10.7. The van der Waals surface area contributed by atoms with E-state index in [-0.39, 0.29) is 17.6 Å². The van der Waals surface area contributed by atoms with Crippen LogP contribution in [0.5, 0.6) is 5.75 Å². The maximum atomic E-state index is 10.7. The third kappa shape index (κ3) is 3.74. The number of hydrogen-bond donors (Lipinski definition) is 2. The molecule has 0 aliphatic carbocycles. The van der Waals surface area contributed by atoms with Crippen LogP contribution in [0.2, 0.25) is 5.02 Å². The summed E-state index contributed by atoms with van der Waals surface area (Å²) >= 11 is 8.00. The maximum Gasteiger partial charge on any atom is 0.130 e. The van der Waals surface area contributed by atoms with Gasteiger partial charge in [0.15, 0.2) is 0 Å². The molecule has 136 valence electrons. The lowest BCUT2D eigenvalue weighted by atomic mass is 9.98. The first kappa shape index (κ1) is 18.1. The SMILES string of the molecule is OCc1cc(Cl)cc(C2=Nc3ccccc3SC(c3ccccc3)C2)c1O. The largest absolute Gasteiger partial charge is 0.507 e. The Labute approximate surface area is 167 Å². The number of phenols is 1. The summed E-state index contributed by atoms with van der Waals surface area (Å²) in [5.41, 5.74) is 3.82. The molecule has 5 heteroatoms. The first-order valence-corrected chi connectivity index (χ1v) is 9.92. The molecule has 0 fully saturated rings. The summed E-state index contributed by atoms with van der Waals surface area (Å²) in [6.07, 6.45) is 0.641. The van der Waals surface area contributed by atoms with Crippen LogP contribution < -0.4 is 0 Å². The average Bonchev–Trinajstić information content (AvgIpc) is 2.89. The highest BCUT2D eigenvalue weighted by Crippen LogP contribution is 2.46. The van der Waals surface area contributed by atoms with E-state index in [4.69, 9.17) is 16.6 Å². The Morgan fingerprint density at radius 2 is 1.78 bits per heavy atom. The Bertz CT molecular complexity index is 1000. The van der Waals surface area contributed by atoms with Crippen LogP contribution in [0.4, 0.5) is 5.69 Å². The van der Waals surface area contributed by atoms with Crippen molar-refractivity contribution >= 4 is 34.8 Å². The quantitative estimate of drug-likeness (QED) is 0.580. The Kier molecular flexibility index (Phi) is 5.21. The van der Waals surface area contributed by atoms with E-state index >= 15 is 0 Å². The van der Waals surface area contributed by atoms with Gasteiger partial charge in [0, 0.05) is 32.7 Å². The molecule has 3 nitrogen and oxygen atoms in total. The van der Waals surface area contributed by atoms with Gasteiger partial charge >= 0.3 is 0 Å². The van der Waals surface area contributed by atoms with E-state index < -0.39 is 0 Å². The second-order valence-electron chi connectivity index (χ2n) is 6.37. The van der Waals surface area contributed by atoms with E-state index in [0.717, 1.165) is 16.3 Å². The molecular weight excluding hydrogens is 378 g/mol. The molecule has 2 N–H and O–H groups in total. The van der Waals surface area contributed by atoms with Crippen LogP contribution in [0.15, 0.2) is 76.6 Å². The van der Waals surface area contributed by atoms with Crippen molar-refractivity contribution in [2.75, 3.05) is 0 Å². The average molecular weight is 396 g/mol. The van der Waals surface area contributed by atoms with Gasteiger partial charge in [0.1, 0.15) is 5.75 Å². The molecule has 1 aliphatic heterocycles. The van der Waals surface area contributed by atoms with E-state index in [0.29, 0.717) is 22.6 Å². The van der Waals surface area contributed by atoms with E-state index in [1.165, 1.54) is 5.56 Å². The summed E-state index contributed by atoms with van der Waals surface area (Å²) in [5, 5.41) is 20.8. The number of halogens is 1. The van der Waals surface area contributed by atoms with Crippen LogP contribution in [-0.4, -0.2) is 15.9 Å². The number of thioether (sulfide) groups is 1. The standard InChI is InChI=1S/C22H18ClNO2S/c23-16-10-15(13-25)22(26)17(11-16)19-12-21(14-6-2-1-3-7-14)27-20-9-5-4-8-18(20)24-19/h1-11,21,25-26H,12-13H2. The van der Waals surface area contributed by atoms with Gasteiger partial charge in [-0.05, 0) is 29.8 Å². The minimum atomic E-state index is -0.278. The highest BCUT2D eigenvalue weighted by molar-refractivity contribution is 7.99. The van der Waals surface area contributed by atoms with Crippen LogP contribution in [0.25, 0.3) is 0 Å². The summed E-state index contributed by atoms with van der Waals surface area (Å²) in [4.78, 5) is 5.96. The fraction of sp³-hybridized carbons (Fsp3) is 0.136. The van der Waals surface area contributed by atoms with Crippen LogP contribution >= 0.6 is 23.4 Å². The van der Waals surface area contributed by atoms with Gasteiger partial charge in [0.2, 0.25) is 0 Å². The zero-order valence-electron chi connectivity index (χ0n) is 14.5. The van der Waals surface area contributed by atoms with Gasteiger partial charge in [-0.15, -0.1) is 11.8 Å². The Balaban J connectivity index is 1.86. The molecule has 0 radical (unpaired) electrons. The summed E-state index contributed by atoms with van der Waals surface area (Å²) in [6.45, 7) is -0.278. The monoisotopic (exact) mass is 395 g/mol. The lowest BCUT2D eigenvalue weighted by Gasteiger charge is -2.17. The number of aliphatic imine (C=N–C) groups is 1. The van der Waals surface area contributed by atoms with Gasteiger partial charge in [-0.1, -0.05) is 54.1 Å². The predicted octanol–water partition coefficient (Wildman–Crippen LogP) is 5.90. The summed E-state index contributed by atoms with van der Waals surface area (Å²) in [6, 6.07) is 21.6. The van der Waals surface area contributed by atoms with Crippen molar-refractivity contribution in [1.29, 1.82) is 0 Å². The zero-order chi connectivity index (χ0) is 18.8. The molecule has 0 saturated heterocycles. The Morgan fingerprint density at radius 3 is 2.56 bits per heavy atom. The van der Waals surface area contributed by atoms with Gasteiger partial charge in [-0.25, -0.2) is 0 Å². The smallest absolute Gasteiger partial charge is 0.130 e. The normalized spacial score (nSPS) is 16.4. The van der Waals surface area contributed by atoms with Crippen LogP contribution in [0.1, 0.15) is 28.4 Å². The summed E-state index contributed by atoms with van der Waals surface area (Å²) in [7, 11) is 0. The summed E-state index contributed by atoms with van der Waals surface area (Å²) < 4.78 is 0. The van der Waals surface area contributed by atoms with Gasteiger partial charge in [0.05, 0.1) is 18.0 Å². The molecular formula is C22H18ClNO2S. The number of benzene rings is 3. The molecule has 3 aromatic rings. The van der Waals surface area contributed by atoms with Gasteiger partial charge in [-0.2, -0.15) is 0 Å². The molecule has 1 unspecified atom stereocenters. The fourth-order valence-corrected chi connectivity index (χ4v) is 4.70. The molecule has 1 aliphatic rings. The van der Waals surface area contributed by atoms with E-state index in [2.05, 4.69) is 18.2 Å². The first-order valence-electron chi connectivity index (χ1n) is 8.66. The highest BCUT2D eigenvalue weighted by atomic mass is 35.5. The van der Waals surface area contributed by atoms with Crippen LogP contribution in [0, 0.1) is 0 Å². The van der Waals surface area contributed by atoms with Crippen molar-refractivity contribution in [1.82, 2.24) is 0 Å². The molecule has 0 bridgehead atoms. The number of nitrogens with zero attached hydrogens (tertiary/aromatic N) is 1. The number of aromatic hydroxyl groups is 1. The molecule has 4 rings (SSSR count). The second-order valence-corrected chi connectivity index (χ2v) is 8.05. The molecule has 3 aromatic carbocycles. The van der Waals surface area contributed by atoms with Crippen molar-refractivity contribution in [3.05, 3.63) is 88.4 Å². The third-order valence-corrected chi connectivity index (χ3v) is 6.12. The van der Waals surface area contributed by atoms with Crippen molar-refractivity contribution < 1.29 is 10.2 Å². The van der Waals surface area contributed by atoms with E-state index in [1.807, 2.05) is 36.4 Å². The van der Waals surface area contributed by atoms with Crippen molar-refractivity contribution in [2.45, 2.75) is 23.2 Å². The van der Waals surface area contributed by atoms with Crippen molar-refractivity contribution in [3.8, 4) is 5.75 Å². The third-order valence-electron chi connectivity index (χ3n) is 4.57. The highest BCUT2D eigenvalue weighted by Gasteiger charge is 2.24. The minimum Gasteiger partial charge on any atom is -0.507 e. The topological polar surface area (TPSA) is 52.8 Å². The predicted molar refractivity (Wildman–Crippen MR) is 111 cm³/mol. The minimum absolute atomic E-state index is 0.0387. The van der Waals surface area contributed by atoms with Gasteiger partial charge < -0.3 is 10.2 Å². The van der Waals surface area contributed by atoms with Crippen molar-refractivity contribution in [3.63, 3.8) is 0 Å².